The SMILES string of the molecule is COC(=O)c1ccccc1NC(=O)c1cc(=O)c2ccccc2o1. The third kappa shape index (κ3) is 2.89. The molecule has 0 atom stereocenters. The van der Waals surface area contributed by atoms with E-state index in [2.05, 4.69) is 10.1 Å². The van der Waals surface area contributed by atoms with Crippen LogP contribution < -0.4 is 10.7 Å². The summed E-state index contributed by atoms with van der Waals surface area (Å²) in [6, 6.07) is 14.2. The van der Waals surface area contributed by atoms with Crippen molar-refractivity contribution in [3.8, 4) is 0 Å². The Morgan fingerprint density at radius 2 is 1.75 bits per heavy atom. The largest absolute Gasteiger partial charge is 0.465 e. The lowest BCUT2D eigenvalue weighted by Gasteiger charge is -2.09. The quantitative estimate of drug-likeness (QED) is 0.749. The number of carbonyl (C=O) groups excluding carboxylic acids is 2. The van der Waals surface area contributed by atoms with Crippen LogP contribution in [0.5, 0.6) is 0 Å². The molecule has 1 heterocycles. The van der Waals surface area contributed by atoms with Crippen LogP contribution in [0.3, 0.4) is 0 Å². The molecule has 0 radical (unpaired) electrons. The minimum atomic E-state index is -0.630. The van der Waals surface area contributed by atoms with Crippen molar-refractivity contribution in [2.45, 2.75) is 0 Å². The first-order valence-electron chi connectivity index (χ1n) is 7.12. The maximum atomic E-state index is 12.4. The first-order valence-corrected chi connectivity index (χ1v) is 7.12. The molecule has 0 aliphatic rings. The first kappa shape index (κ1) is 15.5. The number of para-hydroxylation sites is 2. The molecule has 0 bridgehead atoms. The van der Waals surface area contributed by atoms with E-state index in [9.17, 15) is 14.4 Å². The predicted octanol–water partition coefficient (Wildman–Crippen LogP) is 2.83. The molecule has 0 unspecified atom stereocenters. The third-order valence-corrected chi connectivity index (χ3v) is 3.44. The summed E-state index contributed by atoms with van der Waals surface area (Å²) in [5, 5.41) is 2.95. The number of rotatable bonds is 3. The third-order valence-electron chi connectivity index (χ3n) is 3.44. The molecule has 1 amide bonds. The van der Waals surface area contributed by atoms with Crippen molar-refractivity contribution in [2.24, 2.45) is 0 Å². The Kier molecular flexibility index (Phi) is 4.11. The molecule has 1 aromatic heterocycles. The lowest BCUT2D eigenvalue weighted by molar-refractivity contribution is 0.0602. The van der Waals surface area contributed by atoms with Crippen LogP contribution in [-0.4, -0.2) is 19.0 Å². The molecule has 6 heteroatoms. The maximum Gasteiger partial charge on any atom is 0.339 e. The van der Waals surface area contributed by atoms with Crippen molar-refractivity contribution < 1.29 is 18.7 Å². The van der Waals surface area contributed by atoms with Crippen molar-refractivity contribution in [2.75, 3.05) is 12.4 Å². The zero-order valence-electron chi connectivity index (χ0n) is 12.7. The molecule has 0 saturated heterocycles. The van der Waals surface area contributed by atoms with Crippen LogP contribution in [0.25, 0.3) is 11.0 Å². The first-order chi connectivity index (χ1) is 11.6. The zero-order valence-corrected chi connectivity index (χ0v) is 12.7. The molecule has 0 aliphatic carbocycles. The van der Waals surface area contributed by atoms with Crippen molar-refractivity contribution in [1.82, 2.24) is 0 Å². The van der Waals surface area contributed by atoms with Gasteiger partial charge in [-0.2, -0.15) is 0 Å². The second-order valence-corrected chi connectivity index (χ2v) is 4.96. The van der Waals surface area contributed by atoms with Gasteiger partial charge in [0.15, 0.2) is 11.2 Å². The van der Waals surface area contributed by atoms with Gasteiger partial charge in [-0.3, -0.25) is 9.59 Å². The summed E-state index contributed by atoms with van der Waals surface area (Å²) < 4.78 is 10.2. The number of nitrogens with one attached hydrogen (secondary N) is 1. The Labute approximate surface area is 136 Å². The highest BCUT2D eigenvalue weighted by molar-refractivity contribution is 6.07. The highest BCUT2D eigenvalue weighted by atomic mass is 16.5. The van der Waals surface area contributed by atoms with Crippen molar-refractivity contribution in [1.29, 1.82) is 0 Å². The van der Waals surface area contributed by atoms with Gasteiger partial charge in [0.25, 0.3) is 5.91 Å². The fourth-order valence-electron chi connectivity index (χ4n) is 2.28. The minimum absolute atomic E-state index is 0.140. The van der Waals surface area contributed by atoms with E-state index in [4.69, 9.17) is 4.42 Å². The normalized spacial score (nSPS) is 10.4. The van der Waals surface area contributed by atoms with Crippen LogP contribution in [0.4, 0.5) is 5.69 Å². The topological polar surface area (TPSA) is 85.6 Å². The highest BCUT2D eigenvalue weighted by Gasteiger charge is 2.16. The van der Waals surface area contributed by atoms with Crippen LogP contribution in [0.15, 0.2) is 63.8 Å². The van der Waals surface area contributed by atoms with Crippen LogP contribution >= 0.6 is 0 Å². The minimum Gasteiger partial charge on any atom is -0.465 e. The fourth-order valence-corrected chi connectivity index (χ4v) is 2.28. The van der Waals surface area contributed by atoms with Crippen LogP contribution in [0.2, 0.25) is 0 Å². The van der Waals surface area contributed by atoms with Crippen LogP contribution in [0, 0.1) is 0 Å². The van der Waals surface area contributed by atoms with Gasteiger partial charge >= 0.3 is 5.97 Å². The smallest absolute Gasteiger partial charge is 0.339 e. The number of carbonyl (C=O) groups is 2. The van der Waals surface area contributed by atoms with Gasteiger partial charge in [0.05, 0.1) is 23.7 Å². The number of hydrogen-bond acceptors (Lipinski definition) is 5. The molecule has 3 aromatic rings. The lowest BCUT2D eigenvalue weighted by Crippen LogP contribution is -2.17. The summed E-state index contributed by atoms with van der Waals surface area (Å²) in [6.07, 6.45) is 0. The van der Waals surface area contributed by atoms with E-state index in [1.165, 1.54) is 13.2 Å². The molecule has 3 rings (SSSR count). The van der Waals surface area contributed by atoms with Gasteiger partial charge in [-0.05, 0) is 24.3 Å². The van der Waals surface area contributed by atoms with Gasteiger partial charge in [-0.25, -0.2) is 4.79 Å². The summed E-state index contributed by atoms with van der Waals surface area (Å²) in [5.74, 6) is -1.35. The van der Waals surface area contributed by atoms with E-state index < -0.39 is 11.9 Å². The number of esters is 1. The van der Waals surface area contributed by atoms with Crippen molar-refractivity contribution in [3.05, 3.63) is 76.1 Å². The Bertz CT molecular complexity index is 990. The molecule has 120 valence electrons. The molecule has 1 N–H and O–H groups in total. The van der Waals surface area contributed by atoms with Crippen LogP contribution in [0.1, 0.15) is 20.9 Å². The van der Waals surface area contributed by atoms with E-state index in [0.717, 1.165) is 6.07 Å². The van der Waals surface area contributed by atoms with E-state index in [-0.39, 0.29) is 22.4 Å². The average Bonchev–Trinajstić information content (AvgIpc) is 2.61. The second kappa shape index (κ2) is 6.37. The van der Waals surface area contributed by atoms with Gasteiger partial charge in [-0.1, -0.05) is 24.3 Å². The Morgan fingerprint density at radius 1 is 1.04 bits per heavy atom. The molecule has 0 aliphatic heterocycles. The number of ether oxygens (including phenoxy) is 1. The predicted molar refractivity (Wildman–Crippen MR) is 88.2 cm³/mol. The number of benzene rings is 2. The standard InChI is InChI=1S/C18H13NO5/c1-23-18(22)11-6-2-4-8-13(11)19-17(21)16-10-14(20)12-7-3-5-9-15(12)24-16/h2-10H,1H3,(H,19,21). The molecular formula is C18H13NO5. The maximum absolute atomic E-state index is 12.4. The summed E-state index contributed by atoms with van der Waals surface area (Å²) in [5.41, 5.74) is 0.473. The molecule has 0 saturated carbocycles. The average molecular weight is 323 g/mol. The Hall–Kier alpha value is -3.41. The summed E-state index contributed by atoms with van der Waals surface area (Å²) in [6.45, 7) is 0. The fraction of sp³-hybridized carbons (Fsp3) is 0.0556. The van der Waals surface area contributed by atoms with E-state index in [1.54, 1.807) is 42.5 Å². The second-order valence-electron chi connectivity index (χ2n) is 4.96. The molecule has 24 heavy (non-hydrogen) atoms. The van der Waals surface area contributed by atoms with E-state index in [0.29, 0.717) is 11.0 Å². The van der Waals surface area contributed by atoms with Crippen molar-refractivity contribution >= 4 is 28.5 Å². The monoisotopic (exact) mass is 323 g/mol. The van der Waals surface area contributed by atoms with Gasteiger partial charge in [0.1, 0.15) is 5.58 Å². The van der Waals surface area contributed by atoms with Crippen LogP contribution in [-0.2, 0) is 4.74 Å². The van der Waals surface area contributed by atoms with Gasteiger partial charge in [0, 0.05) is 6.07 Å². The molecular weight excluding hydrogens is 310 g/mol. The van der Waals surface area contributed by atoms with Gasteiger partial charge < -0.3 is 14.5 Å². The summed E-state index contributed by atoms with van der Waals surface area (Å²) in [4.78, 5) is 36.2. The lowest BCUT2D eigenvalue weighted by atomic mass is 10.1. The summed E-state index contributed by atoms with van der Waals surface area (Å²) >= 11 is 0. The van der Waals surface area contributed by atoms with Gasteiger partial charge in [0.2, 0.25) is 0 Å². The number of hydrogen-bond donors (Lipinski definition) is 1. The Morgan fingerprint density at radius 3 is 2.54 bits per heavy atom. The zero-order chi connectivity index (χ0) is 17.1. The molecule has 2 aromatic carbocycles. The van der Waals surface area contributed by atoms with Crippen molar-refractivity contribution in [3.63, 3.8) is 0 Å². The molecule has 6 nitrogen and oxygen atoms in total. The molecule has 0 fully saturated rings. The number of anilines is 1. The van der Waals surface area contributed by atoms with E-state index >= 15 is 0 Å². The van der Waals surface area contributed by atoms with Gasteiger partial charge in [-0.15, -0.1) is 0 Å². The molecule has 0 spiro atoms. The Balaban J connectivity index is 1.97. The highest BCUT2D eigenvalue weighted by Crippen LogP contribution is 2.18. The number of methoxy groups -OCH3 is 1. The summed E-state index contributed by atoms with van der Waals surface area (Å²) in [7, 11) is 1.25. The number of fused-ring (bicyclic) bond motifs is 1. The number of amides is 1. The van der Waals surface area contributed by atoms with E-state index in [1.807, 2.05) is 0 Å².